The van der Waals surface area contributed by atoms with Gasteiger partial charge in [-0.15, -0.1) is 0 Å². The number of hydrogen-bond donors (Lipinski definition) is 3. The zero-order valence-electron chi connectivity index (χ0n) is 12.6. The Bertz CT molecular complexity index is 711. The van der Waals surface area contributed by atoms with Crippen LogP contribution < -0.4 is 16.0 Å². The van der Waals surface area contributed by atoms with Crippen LogP contribution in [0.2, 0.25) is 0 Å². The van der Waals surface area contributed by atoms with Gasteiger partial charge in [0.15, 0.2) is 0 Å². The normalized spacial score (nSPS) is 9.78. The fraction of sp³-hybridized carbons (Fsp3) is 0.118. The molecule has 0 aromatic heterocycles. The molecule has 23 heavy (non-hydrogen) atoms. The molecular weight excluding hydrogens is 294 g/mol. The van der Waals surface area contributed by atoms with Gasteiger partial charge in [0.1, 0.15) is 6.29 Å². The monoisotopic (exact) mass is 311 g/mol. The second-order valence-corrected chi connectivity index (χ2v) is 4.76. The number of amides is 3. The van der Waals surface area contributed by atoms with E-state index in [0.717, 1.165) is 6.29 Å². The van der Waals surface area contributed by atoms with Crippen molar-refractivity contribution in [1.29, 1.82) is 0 Å². The summed E-state index contributed by atoms with van der Waals surface area (Å²) in [6, 6.07) is 12.8. The molecule has 0 aliphatic rings. The zero-order valence-corrected chi connectivity index (χ0v) is 12.6. The lowest BCUT2D eigenvalue weighted by atomic mass is 10.1. The van der Waals surface area contributed by atoms with Crippen molar-refractivity contribution < 1.29 is 14.4 Å². The summed E-state index contributed by atoms with van der Waals surface area (Å²) in [7, 11) is 0. The molecule has 0 aliphatic heterocycles. The van der Waals surface area contributed by atoms with Crippen molar-refractivity contribution in [1.82, 2.24) is 5.32 Å². The molecule has 0 bridgehead atoms. The third kappa shape index (κ3) is 4.67. The number of rotatable bonds is 5. The van der Waals surface area contributed by atoms with E-state index >= 15 is 0 Å². The van der Waals surface area contributed by atoms with E-state index in [4.69, 9.17) is 0 Å². The largest absolute Gasteiger partial charge is 0.338 e. The van der Waals surface area contributed by atoms with Gasteiger partial charge < -0.3 is 16.0 Å². The highest BCUT2D eigenvalue weighted by molar-refractivity contribution is 6.05. The Morgan fingerprint density at radius 2 is 1.65 bits per heavy atom. The van der Waals surface area contributed by atoms with Gasteiger partial charge in [0.2, 0.25) is 0 Å². The summed E-state index contributed by atoms with van der Waals surface area (Å²) in [4.78, 5) is 34.3. The topological polar surface area (TPSA) is 87.3 Å². The second kappa shape index (κ2) is 7.74. The van der Waals surface area contributed by atoms with Gasteiger partial charge in [-0.2, -0.15) is 0 Å². The molecule has 6 heteroatoms. The average Bonchev–Trinajstić information content (AvgIpc) is 2.55. The van der Waals surface area contributed by atoms with Crippen LogP contribution in [0.3, 0.4) is 0 Å². The summed E-state index contributed by atoms with van der Waals surface area (Å²) in [5, 5.41) is 8.04. The van der Waals surface area contributed by atoms with E-state index in [1.807, 2.05) is 6.92 Å². The first-order chi connectivity index (χ1) is 11.1. The fourth-order valence-electron chi connectivity index (χ4n) is 1.93. The Kier molecular flexibility index (Phi) is 5.46. The maximum atomic E-state index is 12.2. The number of urea groups is 1. The van der Waals surface area contributed by atoms with Crippen LogP contribution in [-0.4, -0.2) is 24.8 Å². The Morgan fingerprint density at radius 1 is 1.00 bits per heavy atom. The van der Waals surface area contributed by atoms with Crippen LogP contribution >= 0.6 is 0 Å². The van der Waals surface area contributed by atoms with Crippen LogP contribution in [0.15, 0.2) is 48.5 Å². The number of carbonyl (C=O) groups is 3. The highest BCUT2D eigenvalue weighted by atomic mass is 16.2. The first-order valence-corrected chi connectivity index (χ1v) is 7.14. The third-order valence-electron chi connectivity index (χ3n) is 3.02. The van der Waals surface area contributed by atoms with Crippen LogP contribution in [-0.2, 0) is 0 Å². The lowest BCUT2D eigenvalue weighted by Crippen LogP contribution is -2.28. The van der Waals surface area contributed by atoms with Gasteiger partial charge in [0, 0.05) is 29.0 Å². The minimum atomic E-state index is -0.305. The first-order valence-electron chi connectivity index (χ1n) is 7.14. The Hall–Kier alpha value is -3.15. The molecule has 0 saturated heterocycles. The third-order valence-corrected chi connectivity index (χ3v) is 3.02. The molecule has 118 valence electrons. The second-order valence-electron chi connectivity index (χ2n) is 4.76. The Labute approximate surface area is 133 Å². The van der Waals surface area contributed by atoms with E-state index in [0.29, 0.717) is 29.0 Å². The number of nitrogens with one attached hydrogen (secondary N) is 3. The SMILES string of the molecule is CCNC(=O)Nc1cccc(NC(=O)c2ccc(C=O)cc2)c1. The van der Waals surface area contributed by atoms with Crippen LogP contribution in [0, 0.1) is 0 Å². The molecule has 0 heterocycles. The predicted octanol–water partition coefficient (Wildman–Crippen LogP) is 2.89. The molecule has 0 radical (unpaired) electrons. The van der Waals surface area contributed by atoms with Crippen molar-refractivity contribution in [3.8, 4) is 0 Å². The zero-order chi connectivity index (χ0) is 16.7. The molecule has 0 unspecified atom stereocenters. The van der Waals surface area contributed by atoms with Crippen LogP contribution in [0.5, 0.6) is 0 Å². The van der Waals surface area contributed by atoms with Gasteiger partial charge in [-0.1, -0.05) is 18.2 Å². The van der Waals surface area contributed by atoms with Crippen molar-refractivity contribution in [2.45, 2.75) is 6.92 Å². The molecule has 0 spiro atoms. The number of hydrogen-bond acceptors (Lipinski definition) is 3. The molecule has 6 nitrogen and oxygen atoms in total. The molecular formula is C17H17N3O3. The maximum Gasteiger partial charge on any atom is 0.319 e. The van der Waals surface area contributed by atoms with Crippen molar-refractivity contribution in [2.75, 3.05) is 17.2 Å². The number of aldehydes is 1. The highest BCUT2D eigenvalue weighted by Crippen LogP contribution is 2.16. The minimum Gasteiger partial charge on any atom is -0.338 e. The van der Waals surface area contributed by atoms with Gasteiger partial charge in [0.05, 0.1) is 0 Å². The van der Waals surface area contributed by atoms with Gasteiger partial charge in [-0.25, -0.2) is 4.79 Å². The van der Waals surface area contributed by atoms with Crippen LogP contribution in [0.25, 0.3) is 0 Å². The molecule has 2 aromatic carbocycles. The van der Waals surface area contributed by atoms with E-state index < -0.39 is 0 Å². The number of anilines is 2. The lowest BCUT2D eigenvalue weighted by molar-refractivity contribution is 0.102. The van der Waals surface area contributed by atoms with E-state index in [1.54, 1.807) is 48.5 Å². The highest BCUT2D eigenvalue weighted by Gasteiger charge is 2.07. The molecule has 0 fully saturated rings. The summed E-state index contributed by atoms with van der Waals surface area (Å²) in [5.41, 5.74) is 2.08. The van der Waals surface area contributed by atoms with Gasteiger partial charge >= 0.3 is 6.03 Å². The quantitative estimate of drug-likeness (QED) is 0.742. The van der Waals surface area contributed by atoms with E-state index in [1.165, 1.54) is 0 Å². The smallest absolute Gasteiger partial charge is 0.319 e. The first kappa shape index (κ1) is 16.2. The summed E-state index contributed by atoms with van der Waals surface area (Å²) < 4.78 is 0. The van der Waals surface area contributed by atoms with E-state index in [-0.39, 0.29) is 11.9 Å². The van der Waals surface area contributed by atoms with E-state index in [2.05, 4.69) is 16.0 Å². The molecule has 0 saturated carbocycles. The lowest BCUT2D eigenvalue weighted by Gasteiger charge is -2.09. The molecule has 0 aliphatic carbocycles. The standard InChI is InChI=1S/C17H17N3O3/c1-2-18-17(23)20-15-5-3-4-14(10-15)19-16(22)13-8-6-12(11-21)7-9-13/h3-11H,2H2,1H3,(H,19,22)(H2,18,20,23). The van der Waals surface area contributed by atoms with Gasteiger partial charge in [-0.3, -0.25) is 9.59 Å². The molecule has 0 atom stereocenters. The molecule has 2 aromatic rings. The minimum absolute atomic E-state index is 0.294. The van der Waals surface area contributed by atoms with Gasteiger partial charge in [0.25, 0.3) is 5.91 Å². The van der Waals surface area contributed by atoms with Crippen molar-refractivity contribution in [3.05, 3.63) is 59.7 Å². The summed E-state index contributed by atoms with van der Waals surface area (Å²) >= 11 is 0. The van der Waals surface area contributed by atoms with Crippen molar-refractivity contribution in [3.63, 3.8) is 0 Å². The maximum absolute atomic E-state index is 12.2. The molecule has 3 N–H and O–H groups in total. The predicted molar refractivity (Wildman–Crippen MR) is 88.9 cm³/mol. The molecule has 2 rings (SSSR count). The summed E-state index contributed by atoms with van der Waals surface area (Å²) in [5.74, 6) is -0.294. The molecule has 3 amide bonds. The van der Waals surface area contributed by atoms with Crippen LogP contribution in [0.4, 0.5) is 16.2 Å². The number of benzene rings is 2. The average molecular weight is 311 g/mol. The van der Waals surface area contributed by atoms with Crippen LogP contribution in [0.1, 0.15) is 27.6 Å². The Balaban J connectivity index is 2.05. The van der Waals surface area contributed by atoms with Gasteiger partial charge in [-0.05, 0) is 37.3 Å². The summed E-state index contributed by atoms with van der Waals surface area (Å²) in [6.45, 7) is 2.35. The van der Waals surface area contributed by atoms with E-state index in [9.17, 15) is 14.4 Å². The van der Waals surface area contributed by atoms with Crippen molar-refractivity contribution >= 4 is 29.6 Å². The Morgan fingerprint density at radius 3 is 2.26 bits per heavy atom. The number of carbonyl (C=O) groups excluding carboxylic acids is 3. The fourth-order valence-corrected chi connectivity index (χ4v) is 1.93. The van der Waals surface area contributed by atoms with Crippen molar-refractivity contribution in [2.24, 2.45) is 0 Å². The summed E-state index contributed by atoms with van der Waals surface area (Å²) in [6.07, 6.45) is 0.720.